The van der Waals surface area contributed by atoms with E-state index in [0.29, 0.717) is 10.4 Å². The van der Waals surface area contributed by atoms with Crippen molar-refractivity contribution in [3.63, 3.8) is 0 Å². The maximum absolute atomic E-state index is 12.3. The minimum Gasteiger partial charge on any atom is -0.457 e. The molecule has 0 aliphatic heterocycles. The molecule has 26 heavy (non-hydrogen) atoms. The van der Waals surface area contributed by atoms with E-state index in [1.165, 1.54) is 11.3 Å². The van der Waals surface area contributed by atoms with E-state index in [1.807, 2.05) is 42.5 Å². The first kappa shape index (κ1) is 18.8. The Balaban J connectivity index is 1.72. The summed E-state index contributed by atoms with van der Waals surface area (Å²) in [5.41, 5.74) is 1.62. The van der Waals surface area contributed by atoms with Crippen molar-refractivity contribution in [1.29, 1.82) is 0 Å². The fourth-order valence-corrected chi connectivity index (χ4v) is 4.65. The zero-order valence-electron chi connectivity index (χ0n) is 14.3. The van der Waals surface area contributed by atoms with Crippen LogP contribution in [0.2, 0.25) is 0 Å². The molecule has 0 aliphatic rings. The smallest absolute Gasteiger partial charge is 0.348 e. The van der Waals surface area contributed by atoms with E-state index in [4.69, 9.17) is 9.26 Å². The third-order valence-corrected chi connectivity index (χ3v) is 6.23. The molecule has 1 N–H and O–H groups in total. The Morgan fingerprint density at radius 1 is 1.12 bits per heavy atom. The van der Waals surface area contributed by atoms with Gasteiger partial charge in [-0.2, -0.15) is 0 Å². The lowest BCUT2D eigenvalue weighted by Gasteiger charge is -2.10. The second kappa shape index (κ2) is 8.14. The average molecular weight is 390 g/mol. The monoisotopic (exact) mass is 390 g/mol. The van der Waals surface area contributed by atoms with Gasteiger partial charge in [0.25, 0.3) is 0 Å². The van der Waals surface area contributed by atoms with Crippen LogP contribution >= 0.6 is 18.9 Å². The normalized spacial score (nSPS) is 13.5. The summed E-state index contributed by atoms with van der Waals surface area (Å²) in [6.07, 6.45) is -0.0551. The number of carbonyl (C=O) groups excluding carboxylic acids is 1. The third-order valence-electron chi connectivity index (χ3n) is 3.71. The molecule has 0 saturated heterocycles. The summed E-state index contributed by atoms with van der Waals surface area (Å²) >= 11 is 1.34. The number of ether oxygens (including phenoxy) is 1. The molecule has 3 aromatic rings. The van der Waals surface area contributed by atoms with Gasteiger partial charge in [-0.05, 0) is 41.6 Å². The van der Waals surface area contributed by atoms with Crippen molar-refractivity contribution < 1.29 is 23.5 Å². The second-order valence-electron chi connectivity index (χ2n) is 5.76. The van der Waals surface area contributed by atoms with Gasteiger partial charge in [0.05, 0.1) is 12.8 Å². The zero-order valence-corrected chi connectivity index (χ0v) is 16.0. The Labute approximate surface area is 155 Å². The molecule has 0 amide bonds. The molecule has 1 aromatic heterocycles. The van der Waals surface area contributed by atoms with Crippen molar-refractivity contribution in [1.82, 2.24) is 0 Å². The molecular weight excluding hydrogens is 371 g/mol. The van der Waals surface area contributed by atoms with Gasteiger partial charge < -0.3 is 14.2 Å². The molecule has 0 aliphatic carbocycles. The molecule has 1 unspecified atom stereocenters. The van der Waals surface area contributed by atoms with Crippen LogP contribution in [0.25, 0.3) is 10.1 Å². The van der Waals surface area contributed by atoms with E-state index in [-0.39, 0.29) is 25.3 Å². The summed E-state index contributed by atoms with van der Waals surface area (Å²) in [5, 5.41) is 0.843. The lowest BCUT2D eigenvalue weighted by molar-refractivity contribution is 0.0478. The maximum Gasteiger partial charge on any atom is 0.348 e. The van der Waals surface area contributed by atoms with Crippen LogP contribution < -0.4 is 0 Å². The summed E-state index contributed by atoms with van der Waals surface area (Å²) in [7, 11) is -3.64. The van der Waals surface area contributed by atoms with E-state index >= 15 is 0 Å². The highest BCUT2D eigenvalue weighted by atomic mass is 32.1. The fourth-order valence-electron chi connectivity index (χ4n) is 2.56. The maximum atomic E-state index is 12.3. The van der Waals surface area contributed by atoms with Crippen LogP contribution in [0.4, 0.5) is 0 Å². The number of esters is 1. The number of hydrogen-bond donors (Lipinski definition) is 1. The largest absolute Gasteiger partial charge is 0.457 e. The molecule has 136 valence electrons. The molecule has 0 spiro atoms. The van der Waals surface area contributed by atoms with Crippen molar-refractivity contribution >= 4 is 35.0 Å². The standard InChI is InChI=1S/C19H19O5PS/c1-2-24-25(21,22)13-15-8-9-17-16(10-15)11-18(26-17)19(20)23-12-14-6-4-3-5-7-14/h3-11H,2,12-13H2,1H3,(H,21,22). The zero-order chi connectivity index (χ0) is 18.6. The lowest BCUT2D eigenvalue weighted by Crippen LogP contribution is -2.02. The number of thiophene rings is 1. The van der Waals surface area contributed by atoms with Gasteiger partial charge in [0.15, 0.2) is 0 Å². The number of rotatable bonds is 7. The highest BCUT2D eigenvalue weighted by Gasteiger charge is 2.20. The summed E-state index contributed by atoms with van der Waals surface area (Å²) in [4.78, 5) is 22.5. The highest BCUT2D eigenvalue weighted by molar-refractivity contribution is 7.51. The molecule has 3 rings (SSSR count). The van der Waals surface area contributed by atoms with E-state index in [0.717, 1.165) is 15.6 Å². The molecule has 2 aromatic carbocycles. The summed E-state index contributed by atoms with van der Waals surface area (Å²) in [5.74, 6) is -0.376. The Bertz CT molecular complexity index is 951. The molecule has 1 atom stereocenters. The fraction of sp³-hybridized carbons (Fsp3) is 0.211. The first-order chi connectivity index (χ1) is 12.5. The molecule has 0 fully saturated rings. The lowest BCUT2D eigenvalue weighted by atomic mass is 10.2. The second-order valence-corrected chi connectivity index (χ2v) is 8.69. The predicted octanol–water partition coefficient (Wildman–Crippen LogP) is 4.98. The van der Waals surface area contributed by atoms with Gasteiger partial charge in [-0.1, -0.05) is 36.4 Å². The Morgan fingerprint density at radius 3 is 2.62 bits per heavy atom. The van der Waals surface area contributed by atoms with Gasteiger partial charge in [-0.15, -0.1) is 11.3 Å². The van der Waals surface area contributed by atoms with Crippen molar-refractivity contribution in [3.8, 4) is 0 Å². The van der Waals surface area contributed by atoms with Crippen molar-refractivity contribution in [3.05, 3.63) is 70.6 Å². The van der Waals surface area contributed by atoms with Gasteiger partial charge in [-0.25, -0.2) is 4.79 Å². The molecule has 7 heteroatoms. The van der Waals surface area contributed by atoms with E-state index in [9.17, 15) is 14.3 Å². The van der Waals surface area contributed by atoms with Gasteiger partial charge >= 0.3 is 13.6 Å². The summed E-state index contributed by atoms with van der Waals surface area (Å²) in [6.45, 7) is 2.09. The molecule has 1 heterocycles. The van der Waals surface area contributed by atoms with Crippen LogP contribution in [0, 0.1) is 0 Å². The van der Waals surface area contributed by atoms with Crippen LogP contribution in [0.1, 0.15) is 27.7 Å². The predicted molar refractivity (Wildman–Crippen MR) is 103 cm³/mol. The van der Waals surface area contributed by atoms with Crippen LogP contribution in [0.5, 0.6) is 0 Å². The Hall–Kier alpha value is -1.98. The Morgan fingerprint density at radius 2 is 1.88 bits per heavy atom. The molecule has 0 saturated carbocycles. The van der Waals surface area contributed by atoms with Gasteiger partial charge in [-0.3, -0.25) is 4.57 Å². The topological polar surface area (TPSA) is 72.8 Å². The van der Waals surface area contributed by atoms with E-state index in [2.05, 4.69) is 0 Å². The highest BCUT2D eigenvalue weighted by Crippen LogP contribution is 2.46. The minimum absolute atomic E-state index is 0.0551. The van der Waals surface area contributed by atoms with Crippen molar-refractivity contribution in [2.45, 2.75) is 19.7 Å². The van der Waals surface area contributed by atoms with Crippen LogP contribution in [-0.4, -0.2) is 17.5 Å². The van der Waals surface area contributed by atoms with Gasteiger partial charge in [0, 0.05) is 4.70 Å². The van der Waals surface area contributed by atoms with Crippen LogP contribution in [0.3, 0.4) is 0 Å². The molecule has 0 bridgehead atoms. The first-order valence-electron chi connectivity index (χ1n) is 8.17. The third kappa shape index (κ3) is 4.80. The number of carbonyl (C=O) groups is 1. The molecule has 5 nitrogen and oxygen atoms in total. The molecule has 0 radical (unpaired) electrons. The average Bonchev–Trinajstić information content (AvgIpc) is 3.03. The Kier molecular flexibility index (Phi) is 5.89. The number of fused-ring (bicyclic) bond motifs is 1. The van der Waals surface area contributed by atoms with Gasteiger partial charge in [0.1, 0.15) is 11.5 Å². The SMILES string of the molecule is CCOP(=O)(O)Cc1ccc2sc(C(=O)OCc3ccccc3)cc2c1. The van der Waals surface area contributed by atoms with E-state index < -0.39 is 7.60 Å². The quantitative estimate of drug-likeness (QED) is 0.455. The first-order valence-corrected chi connectivity index (χ1v) is 10.7. The van der Waals surface area contributed by atoms with Crippen molar-refractivity contribution in [2.75, 3.05) is 6.61 Å². The van der Waals surface area contributed by atoms with Crippen molar-refractivity contribution in [2.24, 2.45) is 0 Å². The van der Waals surface area contributed by atoms with Crippen LogP contribution in [-0.2, 0) is 26.6 Å². The number of benzene rings is 2. The van der Waals surface area contributed by atoms with E-state index in [1.54, 1.807) is 19.1 Å². The minimum atomic E-state index is -3.64. The summed E-state index contributed by atoms with van der Waals surface area (Å²) in [6, 6.07) is 16.7. The summed E-state index contributed by atoms with van der Waals surface area (Å²) < 4.78 is 23.1. The van der Waals surface area contributed by atoms with Crippen LogP contribution in [0.15, 0.2) is 54.6 Å². The molecular formula is C19H19O5PS. The van der Waals surface area contributed by atoms with Gasteiger partial charge in [0.2, 0.25) is 0 Å². The number of hydrogen-bond acceptors (Lipinski definition) is 5.